The minimum Gasteiger partial charge on any atom is -0.496 e. The first-order valence-corrected chi connectivity index (χ1v) is 7.21. The van der Waals surface area contributed by atoms with E-state index < -0.39 is 0 Å². The molecule has 2 aromatic carbocycles. The maximum Gasteiger partial charge on any atom is 0.315 e. The Kier molecular flexibility index (Phi) is 4.00. The van der Waals surface area contributed by atoms with Crippen LogP contribution in [0.3, 0.4) is 0 Å². The summed E-state index contributed by atoms with van der Waals surface area (Å²) >= 11 is 0. The molecule has 2 aromatic rings. The van der Waals surface area contributed by atoms with E-state index in [9.17, 15) is 4.79 Å². The molecule has 0 fully saturated rings. The van der Waals surface area contributed by atoms with Crippen LogP contribution in [0.5, 0.6) is 17.2 Å². The molecule has 3 rings (SSSR count). The molecule has 22 heavy (non-hydrogen) atoms. The smallest absolute Gasteiger partial charge is 0.315 e. The standard InChI is InChI=1S/C18H18O4/c1-20-14-10-16(21-2)15-9-13(18(19)22-17(15)11-14)8-12-6-4-3-5-7-12/h3-7,10-11,13H,8-9H2,1-2H3. The molecule has 1 aliphatic heterocycles. The van der Waals surface area contributed by atoms with Gasteiger partial charge in [-0.1, -0.05) is 30.3 Å². The highest BCUT2D eigenvalue weighted by Crippen LogP contribution is 2.39. The molecular weight excluding hydrogens is 280 g/mol. The number of esters is 1. The lowest BCUT2D eigenvalue weighted by Crippen LogP contribution is -2.29. The predicted octanol–water partition coefficient (Wildman–Crippen LogP) is 3.02. The number of ether oxygens (including phenoxy) is 3. The molecule has 0 saturated heterocycles. The van der Waals surface area contributed by atoms with E-state index in [2.05, 4.69) is 0 Å². The summed E-state index contributed by atoms with van der Waals surface area (Å²) in [5.41, 5.74) is 2.05. The van der Waals surface area contributed by atoms with Gasteiger partial charge in [0, 0.05) is 17.7 Å². The summed E-state index contributed by atoms with van der Waals surface area (Å²) in [4.78, 5) is 12.3. The number of hydrogen-bond acceptors (Lipinski definition) is 4. The van der Waals surface area contributed by atoms with Gasteiger partial charge >= 0.3 is 5.97 Å². The Labute approximate surface area is 129 Å². The van der Waals surface area contributed by atoms with Gasteiger partial charge in [-0.25, -0.2) is 0 Å². The molecule has 114 valence electrons. The monoisotopic (exact) mass is 298 g/mol. The largest absolute Gasteiger partial charge is 0.496 e. The fourth-order valence-corrected chi connectivity index (χ4v) is 2.76. The zero-order chi connectivity index (χ0) is 15.5. The second kappa shape index (κ2) is 6.10. The van der Waals surface area contributed by atoms with Crippen molar-refractivity contribution in [2.75, 3.05) is 14.2 Å². The van der Waals surface area contributed by atoms with E-state index in [0.717, 1.165) is 11.1 Å². The number of rotatable bonds is 4. The summed E-state index contributed by atoms with van der Waals surface area (Å²) in [5.74, 6) is 1.44. The number of fused-ring (bicyclic) bond motifs is 1. The molecule has 0 aromatic heterocycles. The van der Waals surface area contributed by atoms with Crippen molar-refractivity contribution >= 4 is 5.97 Å². The molecule has 0 bridgehead atoms. The van der Waals surface area contributed by atoms with Gasteiger partial charge in [0.15, 0.2) is 0 Å². The SMILES string of the molecule is COc1cc(OC)c2c(c1)OC(=O)C(Cc1ccccc1)C2. The second-order valence-electron chi connectivity index (χ2n) is 5.32. The van der Waals surface area contributed by atoms with Gasteiger partial charge in [-0.15, -0.1) is 0 Å². The van der Waals surface area contributed by atoms with Crippen LogP contribution in [-0.4, -0.2) is 20.2 Å². The van der Waals surface area contributed by atoms with Gasteiger partial charge in [-0.2, -0.15) is 0 Å². The molecule has 0 amide bonds. The molecule has 4 heteroatoms. The van der Waals surface area contributed by atoms with Gasteiger partial charge in [0.2, 0.25) is 0 Å². The van der Waals surface area contributed by atoms with Gasteiger partial charge in [-0.3, -0.25) is 4.79 Å². The van der Waals surface area contributed by atoms with Crippen LogP contribution in [0.2, 0.25) is 0 Å². The van der Waals surface area contributed by atoms with Gasteiger partial charge in [-0.05, 0) is 18.4 Å². The van der Waals surface area contributed by atoms with Crippen LogP contribution in [0.25, 0.3) is 0 Å². The molecular formula is C18H18O4. The fraction of sp³-hybridized carbons (Fsp3) is 0.278. The first-order chi connectivity index (χ1) is 10.7. The predicted molar refractivity (Wildman–Crippen MR) is 82.5 cm³/mol. The van der Waals surface area contributed by atoms with Gasteiger partial charge in [0.05, 0.1) is 20.1 Å². The Bertz CT molecular complexity index is 679. The quantitative estimate of drug-likeness (QED) is 0.643. The van der Waals surface area contributed by atoms with Crippen LogP contribution in [0, 0.1) is 5.92 Å². The second-order valence-corrected chi connectivity index (χ2v) is 5.32. The van der Waals surface area contributed by atoms with Crippen molar-refractivity contribution in [2.45, 2.75) is 12.8 Å². The number of benzene rings is 2. The third-order valence-electron chi connectivity index (χ3n) is 3.92. The Morgan fingerprint density at radius 2 is 1.91 bits per heavy atom. The Balaban J connectivity index is 1.89. The lowest BCUT2D eigenvalue weighted by atomic mass is 9.90. The number of carbonyl (C=O) groups excluding carboxylic acids is 1. The zero-order valence-corrected chi connectivity index (χ0v) is 12.7. The van der Waals surface area contributed by atoms with Crippen molar-refractivity contribution in [1.29, 1.82) is 0 Å². The van der Waals surface area contributed by atoms with Crippen molar-refractivity contribution < 1.29 is 19.0 Å². The third-order valence-corrected chi connectivity index (χ3v) is 3.92. The maximum atomic E-state index is 12.3. The number of carbonyl (C=O) groups is 1. The van der Waals surface area contributed by atoms with Crippen LogP contribution in [0.4, 0.5) is 0 Å². The fourth-order valence-electron chi connectivity index (χ4n) is 2.76. The molecule has 0 saturated carbocycles. The average molecular weight is 298 g/mol. The van der Waals surface area contributed by atoms with Crippen molar-refractivity contribution in [1.82, 2.24) is 0 Å². The first kappa shape index (κ1) is 14.4. The minimum absolute atomic E-state index is 0.197. The highest BCUT2D eigenvalue weighted by molar-refractivity contribution is 5.79. The topological polar surface area (TPSA) is 44.8 Å². The van der Waals surface area contributed by atoms with E-state index in [1.807, 2.05) is 36.4 Å². The van der Waals surface area contributed by atoms with Gasteiger partial charge in [0.25, 0.3) is 0 Å². The molecule has 1 unspecified atom stereocenters. The molecule has 1 atom stereocenters. The Hall–Kier alpha value is -2.49. The molecule has 1 aliphatic rings. The molecule has 1 heterocycles. The van der Waals surface area contributed by atoms with E-state index in [1.165, 1.54) is 0 Å². The van der Waals surface area contributed by atoms with Gasteiger partial charge < -0.3 is 14.2 Å². The highest BCUT2D eigenvalue weighted by atomic mass is 16.5. The van der Waals surface area contributed by atoms with Crippen LogP contribution in [0.1, 0.15) is 11.1 Å². The summed E-state index contributed by atoms with van der Waals surface area (Å²) in [7, 11) is 3.18. The number of methoxy groups -OCH3 is 2. The number of hydrogen-bond donors (Lipinski definition) is 0. The van der Waals surface area contributed by atoms with E-state index in [1.54, 1.807) is 20.3 Å². The van der Waals surface area contributed by atoms with Crippen LogP contribution < -0.4 is 14.2 Å². The lowest BCUT2D eigenvalue weighted by molar-refractivity contribution is -0.140. The lowest BCUT2D eigenvalue weighted by Gasteiger charge is -2.25. The maximum absolute atomic E-state index is 12.3. The first-order valence-electron chi connectivity index (χ1n) is 7.21. The molecule has 0 spiro atoms. The van der Waals surface area contributed by atoms with E-state index in [-0.39, 0.29) is 11.9 Å². The molecule has 0 aliphatic carbocycles. The molecule has 0 N–H and O–H groups in total. The van der Waals surface area contributed by atoms with Crippen molar-refractivity contribution in [2.24, 2.45) is 5.92 Å². The third kappa shape index (κ3) is 2.77. The van der Waals surface area contributed by atoms with Crippen LogP contribution >= 0.6 is 0 Å². The normalized spacial score (nSPS) is 16.6. The van der Waals surface area contributed by atoms with Gasteiger partial charge in [0.1, 0.15) is 17.2 Å². The summed E-state index contributed by atoms with van der Waals surface area (Å²) in [5, 5.41) is 0. The van der Waals surface area contributed by atoms with Crippen molar-refractivity contribution in [3.05, 3.63) is 53.6 Å². The molecule has 4 nitrogen and oxygen atoms in total. The Morgan fingerprint density at radius 3 is 2.59 bits per heavy atom. The van der Waals surface area contributed by atoms with E-state index in [4.69, 9.17) is 14.2 Å². The summed E-state index contributed by atoms with van der Waals surface area (Å²) in [6.07, 6.45) is 1.27. The summed E-state index contributed by atoms with van der Waals surface area (Å²) in [6.45, 7) is 0. The molecule has 0 radical (unpaired) electrons. The van der Waals surface area contributed by atoms with Crippen molar-refractivity contribution in [3.63, 3.8) is 0 Å². The zero-order valence-electron chi connectivity index (χ0n) is 12.7. The average Bonchev–Trinajstić information content (AvgIpc) is 2.55. The van der Waals surface area contributed by atoms with E-state index >= 15 is 0 Å². The van der Waals surface area contributed by atoms with E-state index in [0.29, 0.717) is 30.1 Å². The summed E-state index contributed by atoms with van der Waals surface area (Å²) < 4.78 is 16.1. The minimum atomic E-state index is -0.202. The summed E-state index contributed by atoms with van der Waals surface area (Å²) in [6, 6.07) is 13.5. The van der Waals surface area contributed by atoms with Crippen LogP contribution in [0.15, 0.2) is 42.5 Å². The van der Waals surface area contributed by atoms with Crippen LogP contribution in [-0.2, 0) is 17.6 Å². The van der Waals surface area contributed by atoms with Crippen molar-refractivity contribution in [3.8, 4) is 17.2 Å². The Morgan fingerprint density at radius 1 is 1.14 bits per heavy atom. The highest BCUT2D eigenvalue weighted by Gasteiger charge is 2.31.